The Morgan fingerprint density at radius 2 is 1.05 bits per heavy atom. The first-order valence-corrected chi connectivity index (χ1v) is 13.0. The minimum absolute atomic E-state index is 0.136. The largest absolute Gasteiger partial charge is 0.295 e. The predicted molar refractivity (Wildman–Crippen MR) is 159 cm³/mol. The minimum Gasteiger partial charge on any atom is -0.295 e. The second kappa shape index (κ2) is 9.43. The lowest BCUT2D eigenvalue weighted by atomic mass is 10.1. The highest BCUT2D eigenvalue weighted by atomic mass is 32.1. The van der Waals surface area contributed by atoms with Crippen molar-refractivity contribution in [2.45, 2.75) is 20.8 Å². The van der Waals surface area contributed by atoms with E-state index in [-0.39, 0.29) is 5.56 Å². The Hall–Kier alpha value is -4.48. The highest BCUT2D eigenvalue weighted by Gasteiger charge is 2.22. The molecule has 0 unspecified atom stereocenters. The van der Waals surface area contributed by atoms with Gasteiger partial charge in [-0.3, -0.25) is 18.5 Å². The van der Waals surface area contributed by atoms with Gasteiger partial charge >= 0.3 is 0 Å². The maximum Gasteiger partial charge on any atom is 0.268 e. The smallest absolute Gasteiger partial charge is 0.268 e. The summed E-state index contributed by atoms with van der Waals surface area (Å²) in [4.78, 5) is 14.3. The quantitative estimate of drug-likeness (QED) is 0.225. The lowest BCUT2D eigenvalue weighted by molar-refractivity contribution is 0.856. The van der Waals surface area contributed by atoms with Crippen LogP contribution in [-0.4, -0.2) is 13.7 Å². The topological polar surface area (TPSA) is 31.9 Å². The molecular formula is C33H27N3OS. The third-order valence-corrected chi connectivity index (χ3v) is 7.22. The molecule has 6 aromatic rings. The minimum atomic E-state index is -0.136. The highest BCUT2D eigenvalue weighted by molar-refractivity contribution is 7.71. The fourth-order valence-electron chi connectivity index (χ4n) is 5.12. The summed E-state index contributed by atoms with van der Waals surface area (Å²) >= 11 is 6.13. The molecule has 0 aliphatic heterocycles. The average Bonchev–Trinajstić information content (AvgIpc) is 3.30. The maximum absolute atomic E-state index is 14.3. The van der Waals surface area contributed by atoms with Crippen LogP contribution in [0.15, 0.2) is 114 Å². The van der Waals surface area contributed by atoms with Crippen molar-refractivity contribution in [1.29, 1.82) is 0 Å². The summed E-state index contributed by atoms with van der Waals surface area (Å²) in [6, 6.07) is 36.7. The first-order valence-electron chi connectivity index (χ1n) is 12.6. The number of aromatic nitrogens is 3. The van der Waals surface area contributed by atoms with Gasteiger partial charge < -0.3 is 0 Å². The molecule has 0 saturated heterocycles. The number of nitrogens with zero attached hydrogens (tertiary/aromatic N) is 3. The van der Waals surface area contributed by atoms with E-state index in [2.05, 4.69) is 60.9 Å². The lowest BCUT2D eigenvalue weighted by Crippen LogP contribution is -2.24. The molecule has 38 heavy (non-hydrogen) atoms. The average molecular weight is 514 g/mol. The van der Waals surface area contributed by atoms with E-state index in [1.807, 2.05) is 78.2 Å². The lowest BCUT2D eigenvalue weighted by Gasteiger charge is -2.19. The van der Waals surface area contributed by atoms with E-state index in [0.717, 1.165) is 50.7 Å². The summed E-state index contributed by atoms with van der Waals surface area (Å²) in [5.74, 6) is 0. The Morgan fingerprint density at radius 3 is 1.58 bits per heavy atom. The van der Waals surface area contributed by atoms with Crippen molar-refractivity contribution in [3.05, 3.63) is 141 Å². The van der Waals surface area contributed by atoms with Crippen molar-refractivity contribution in [1.82, 2.24) is 13.7 Å². The molecule has 0 aliphatic carbocycles. The zero-order valence-electron chi connectivity index (χ0n) is 21.6. The zero-order valence-corrected chi connectivity index (χ0v) is 22.4. The standard InChI is InChI=1S/C33H27N3OS/c1-22-10-7-15-26(18-22)34-30(25-13-5-4-6-14-25)21-29-31(34)35(27-16-8-11-23(2)19-27)33(38)36(32(29)37)28-17-9-12-24(3)20-28/h4-21H,1-3H3. The molecule has 4 nitrogen and oxygen atoms in total. The van der Waals surface area contributed by atoms with Crippen molar-refractivity contribution in [3.8, 4) is 28.3 Å². The van der Waals surface area contributed by atoms with Gasteiger partial charge in [0.2, 0.25) is 0 Å². The SMILES string of the molecule is Cc1cccc(-n2c(=O)c3cc(-c4ccccc4)n(-c4cccc(C)c4)c3n(-c3cccc(C)c3)c2=S)c1. The van der Waals surface area contributed by atoms with Crippen LogP contribution in [0.2, 0.25) is 0 Å². The van der Waals surface area contributed by atoms with Crippen LogP contribution < -0.4 is 5.56 Å². The third-order valence-electron chi connectivity index (χ3n) is 6.85. The first-order chi connectivity index (χ1) is 18.4. The van der Waals surface area contributed by atoms with Gasteiger partial charge in [0.1, 0.15) is 5.65 Å². The van der Waals surface area contributed by atoms with Crippen LogP contribution in [-0.2, 0) is 0 Å². The molecule has 0 aliphatic rings. The Labute approximate surface area is 226 Å². The summed E-state index contributed by atoms with van der Waals surface area (Å²) in [6.07, 6.45) is 0. The summed E-state index contributed by atoms with van der Waals surface area (Å²) in [6.45, 7) is 6.16. The Balaban J connectivity index is 1.86. The fourth-order valence-corrected chi connectivity index (χ4v) is 5.50. The van der Waals surface area contributed by atoms with Gasteiger partial charge in [-0.1, -0.05) is 66.7 Å². The van der Waals surface area contributed by atoms with Crippen molar-refractivity contribution in [2.24, 2.45) is 0 Å². The fraction of sp³-hybridized carbons (Fsp3) is 0.0909. The first kappa shape index (κ1) is 23.9. The summed E-state index contributed by atoms with van der Waals surface area (Å²) < 4.78 is 6.28. The van der Waals surface area contributed by atoms with E-state index in [1.165, 1.54) is 0 Å². The molecule has 0 spiro atoms. The molecular weight excluding hydrogens is 486 g/mol. The maximum atomic E-state index is 14.3. The number of fused-ring (bicyclic) bond motifs is 1. The van der Waals surface area contributed by atoms with Crippen LogP contribution in [0.5, 0.6) is 0 Å². The molecule has 186 valence electrons. The summed E-state index contributed by atoms with van der Waals surface area (Å²) in [7, 11) is 0. The molecule has 0 radical (unpaired) electrons. The third kappa shape index (κ3) is 4.01. The molecule has 4 aromatic carbocycles. The predicted octanol–water partition coefficient (Wildman–Crippen LogP) is 7.89. The molecule has 0 saturated carbocycles. The molecule has 0 atom stereocenters. The van der Waals surface area contributed by atoms with Gasteiger partial charge in [0.15, 0.2) is 4.77 Å². The van der Waals surface area contributed by atoms with E-state index in [9.17, 15) is 4.79 Å². The van der Waals surface area contributed by atoms with E-state index in [4.69, 9.17) is 12.2 Å². The zero-order chi connectivity index (χ0) is 26.4. The van der Waals surface area contributed by atoms with Crippen molar-refractivity contribution in [3.63, 3.8) is 0 Å². The molecule has 5 heteroatoms. The van der Waals surface area contributed by atoms with Crippen molar-refractivity contribution >= 4 is 23.3 Å². The van der Waals surface area contributed by atoms with Crippen molar-refractivity contribution in [2.75, 3.05) is 0 Å². The van der Waals surface area contributed by atoms with E-state index >= 15 is 0 Å². The van der Waals surface area contributed by atoms with Crippen LogP contribution in [0.1, 0.15) is 16.7 Å². The van der Waals surface area contributed by atoms with Gasteiger partial charge in [0, 0.05) is 5.69 Å². The van der Waals surface area contributed by atoms with Crippen LogP contribution in [0.25, 0.3) is 39.4 Å². The molecule has 2 aromatic heterocycles. The van der Waals surface area contributed by atoms with Crippen LogP contribution in [0.3, 0.4) is 0 Å². The number of aryl methyl sites for hydroxylation is 3. The number of hydrogen-bond donors (Lipinski definition) is 0. The normalized spacial score (nSPS) is 11.2. The highest BCUT2D eigenvalue weighted by Crippen LogP contribution is 2.33. The molecule has 0 bridgehead atoms. The summed E-state index contributed by atoms with van der Waals surface area (Å²) in [5.41, 5.74) is 8.52. The number of benzene rings is 4. The Kier molecular flexibility index (Phi) is 5.93. The van der Waals surface area contributed by atoms with Gasteiger partial charge in [0.05, 0.1) is 22.5 Å². The molecule has 6 rings (SSSR count). The number of rotatable bonds is 4. The second-order valence-electron chi connectivity index (χ2n) is 9.74. The van der Waals surface area contributed by atoms with Crippen LogP contribution >= 0.6 is 12.2 Å². The second-order valence-corrected chi connectivity index (χ2v) is 10.1. The number of hydrogen-bond acceptors (Lipinski definition) is 2. The Bertz CT molecular complexity index is 1940. The van der Waals surface area contributed by atoms with Gasteiger partial charge in [-0.2, -0.15) is 0 Å². The van der Waals surface area contributed by atoms with Gasteiger partial charge in [-0.05, 0) is 97.7 Å². The monoisotopic (exact) mass is 513 g/mol. The molecule has 0 N–H and O–H groups in total. The molecule has 0 fully saturated rings. The molecule has 2 heterocycles. The van der Waals surface area contributed by atoms with E-state index in [1.54, 1.807) is 4.57 Å². The van der Waals surface area contributed by atoms with Crippen molar-refractivity contribution < 1.29 is 0 Å². The van der Waals surface area contributed by atoms with Crippen LogP contribution in [0, 0.1) is 25.5 Å². The molecule has 0 amide bonds. The van der Waals surface area contributed by atoms with E-state index in [0.29, 0.717) is 10.2 Å². The van der Waals surface area contributed by atoms with Gasteiger partial charge in [0.25, 0.3) is 5.56 Å². The van der Waals surface area contributed by atoms with Gasteiger partial charge in [-0.25, -0.2) is 0 Å². The summed E-state index contributed by atoms with van der Waals surface area (Å²) in [5, 5.41) is 0.599. The van der Waals surface area contributed by atoms with Gasteiger partial charge in [-0.15, -0.1) is 0 Å². The van der Waals surface area contributed by atoms with Crippen LogP contribution in [0.4, 0.5) is 0 Å². The Morgan fingerprint density at radius 1 is 0.553 bits per heavy atom. The van der Waals surface area contributed by atoms with E-state index < -0.39 is 0 Å².